The largest absolute Gasteiger partial charge is 0.477 e. The minimum Gasteiger partial charge on any atom is -0.477 e. The number of rotatable bonds is 5. The normalized spacial score (nSPS) is 16.1. The standard InChI is InChI=1S/C12H16N4O4/c1-7(17)13-6-9(18)16-12(3-2-4-12)11-14-5-8(15-11)10(19)20/h5H,2-4,6H2,1H3,(H,13,17)(H,14,15)(H,16,18)(H,19,20). The molecule has 2 rings (SSSR count). The summed E-state index contributed by atoms with van der Waals surface area (Å²) in [6.45, 7) is 1.22. The number of aromatic nitrogens is 2. The van der Waals surface area contributed by atoms with Gasteiger partial charge in [0.2, 0.25) is 11.8 Å². The van der Waals surface area contributed by atoms with Crippen LogP contribution in [0.1, 0.15) is 42.5 Å². The molecule has 0 aliphatic heterocycles. The van der Waals surface area contributed by atoms with Crippen LogP contribution in [0, 0.1) is 0 Å². The van der Waals surface area contributed by atoms with Crippen molar-refractivity contribution in [3.8, 4) is 0 Å². The molecule has 0 radical (unpaired) electrons. The van der Waals surface area contributed by atoms with E-state index in [2.05, 4.69) is 20.6 Å². The number of carboxylic acid groups (broad SMARTS) is 1. The summed E-state index contributed by atoms with van der Waals surface area (Å²) in [6, 6.07) is 0. The molecule has 1 fully saturated rings. The maximum atomic E-state index is 11.8. The zero-order valence-electron chi connectivity index (χ0n) is 11.0. The molecule has 1 aromatic rings. The number of hydrogen-bond acceptors (Lipinski definition) is 4. The van der Waals surface area contributed by atoms with E-state index in [1.807, 2.05) is 0 Å². The molecule has 0 spiro atoms. The van der Waals surface area contributed by atoms with Crippen molar-refractivity contribution in [1.29, 1.82) is 0 Å². The van der Waals surface area contributed by atoms with Gasteiger partial charge in [-0.3, -0.25) is 9.59 Å². The number of carbonyl (C=O) groups is 3. The van der Waals surface area contributed by atoms with Gasteiger partial charge in [-0.1, -0.05) is 0 Å². The van der Waals surface area contributed by atoms with Crippen molar-refractivity contribution < 1.29 is 19.5 Å². The summed E-state index contributed by atoms with van der Waals surface area (Å²) in [5.74, 6) is -1.26. The molecule has 0 aromatic carbocycles. The van der Waals surface area contributed by atoms with E-state index in [-0.39, 0.29) is 24.1 Å². The summed E-state index contributed by atoms with van der Waals surface area (Å²) in [5, 5.41) is 14.1. The fourth-order valence-electron chi connectivity index (χ4n) is 2.14. The fourth-order valence-corrected chi connectivity index (χ4v) is 2.14. The minimum absolute atomic E-state index is 0.0117. The van der Waals surface area contributed by atoms with E-state index in [1.54, 1.807) is 0 Å². The third kappa shape index (κ3) is 2.79. The topological polar surface area (TPSA) is 124 Å². The Balaban J connectivity index is 2.07. The second-order valence-corrected chi connectivity index (χ2v) is 4.84. The number of imidazole rings is 1. The van der Waals surface area contributed by atoms with Crippen LogP contribution in [0.25, 0.3) is 0 Å². The lowest BCUT2D eigenvalue weighted by atomic mass is 9.76. The molecule has 108 valence electrons. The Morgan fingerprint density at radius 2 is 2.15 bits per heavy atom. The van der Waals surface area contributed by atoms with Gasteiger partial charge >= 0.3 is 5.97 Å². The van der Waals surface area contributed by atoms with Gasteiger partial charge < -0.3 is 20.7 Å². The molecular weight excluding hydrogens is 264 g/mol. The number of hydrogen-bond donors (Lipinski definition) is 4. The average molecular weight is 280 g/mol. The summed E-state index contributed by atoms with van der Waals surface area (Å²) in [4.78, 5) is 40.2. The van der Waals surface area contributed by atoms with Crippen molar-refractivity contribution in [1.82, 2.24) is 20.6 Å². The van der Waals surface area contributed by atoms with Gasteiger partial charge in [-0.2, -0.15) is 0 Å². The Labute approximate surface area is 115 Å². The number of aromatic amines is 1. The maximum Gasteiger partial charge on any atom is 0.353 e. The molecule has 20 heavy (non-hydrogen) atoms. The molecule has 1 heterocycles. The third-order valence-electron chi connectivity index (χ3n) is 3.34. The molecule has 2 amide bonds. The number of carboxylic acids is 1. The Hall–Kier alpha value is -2.38. The van der Waals surface area contributed by atoms with Crippen LogP contribution in [0.5, 0.6) is 0 Å². The van der Waals surface area contributed by atoms with E-state index >= 15 is 0 Å². The van der Waals surface area contributed by atoms with Gasteiger partial charge in [-0.05, 0) is 19.3 Å². The van der Waals surface area contributed by atoms with Crippen molar-refractivity contribution >= 4 is 17.8 Å². The number of amides is 2. The molecule has 8 nitrogen and oxygen atoms in total. The Morgan fingerprint density at radius 3 is 2.60 bits per heavy atom. The van der Waals surface area contributed by atoms with E-state index in [0.29, 0.717) is 18.7 Å². The van der Waals surface area contributed by atoms with Crippen LogP contribution in [0.2, 0.25) is 0 Å². The lowest BCUT2D eigenvalue weighted by Gasteiger charge is -2.40. The lowest BCUT2D eigenvalue weighted by molar-refractivity contribution is -0.127. The van der Waals surface area contributed by atoms with Crippen molar-refractivity contribution in [2.45, 2.75) is 31.7 Å². The highest BCUT2D eigenvalue weighted by Crippen LogP contribution is 2.39. The molecule has 0 saturated heterocycles. The lowest BCUT2D eigenvalue weighted by Crippen LogP contribution is -2.53. The summed E-state index contributed by atoms with van der Waals surface area (Å²) >= 11 is 0. The Bertz CT molecular complexity index is 547. The molecule has 0 atom stereocenters. The van der Waals surface area contributed by atoms with E-state index in [0.717, 1.165) is 6.42 Å². The molecule has 0 bridgehead atoms. The zero-order chi connectivity index (χ0) is 14.8. The minimum atomic E-state index is -1.09. The van der Waals surface area contributed by atoms with Crippen LogP contribution in [-0.2, 0) is 15.1 Å². The number of aromatic carboxylic acids is 1. The smallest absolute Gasteiger partial charge is 0.353 e. The molecule has 1 aromatic heterocycles. The predicted octanol–water partition coefficient (Wildman–Crippen LogP) is -0.261. The van der Waals surface area contributed by atoms with E-state index in [4.69, 9.17) is 5.11 Å². The molecule has 4 N–H and O–H groups in total. The van der Waals surface area contributed by atoms with Crippen LogP contribution in [0.3, 0.4) is 0 Å². The maximum absolute atomic E-state index is 11.8. The van der Waals surface area contributed by atoms with E-state index in [9.17, 15) is 14.4 Å². The van der Waals surface area contributed by atoms with Crippen LogP contribution < -0.4 is 10.6 Å². The predicted molar refractivity (Wildman–Crippen MR) is 67.9 cm³/mol. The quantitative estimate of drug-likeness (QED) is 0.591. The second kappa shape index (κ2) is 5.32. The number of nitrogens with one attached hydrogen (secondary N) is 3. The van der Waals surface area contributed by atoms with Gasteiger partial charge in [0.1, 0.15) is 11.5 Å². The number of carbonyl (C=O) groups excluding carboxylic acids is 2. The van der Waals surface area contributed by atoms with Crippen molar-refractivity contribution in [3.63, 3.8) is 0 Å². The second-order valence-electron chi connectivity index (χ2n) is 4.84. The van der Waals surface area contributed by atoms with Crippen molar-refractivity contribution in [2.24, 2.45) is 0 Å². The average Bonchev–Trinajstić information content (AvgIpc) is 2.81. The van der Waals surface area contributed by atoms with Gasteiger partial charge in [0.15, 0.2) is 0 Å². The summed E-state index contributed by atoms with van der Waals surface area (Å²) in [5.41, 5.74) is -0.661. The number of H-pyrrole nitrogens is 1. The monoisotopic (exact) mass is 280 g/mol. The summed E-state index contributed by atoms with van der Waals surface area (Å²) in [7, 11) is 0. The van der Waals surface area contributed by atoms with E-state index < -0.39 is 11.5 Å². The first-order valence-corrected chi connectivity index (χ1v) is 6.27. The molecule has 1 aliphatic carbocycles. The first-order chi connectivity index (χ1) is 9.43. The Kier molecular flexibility index (Phi) is 3.73. The zero-order valence-corrected chi connectivity index (χ0v) is 11.0. The first kappa shape index (κ1) is 14.0. The number of nitrogens with zero attached hydrogens (tertiary/aromatic N) is 1. The third-order valence-corrected chi connectivity index (χ3v) is 3.34. The highest BCUT2D eigenvalue weighted by Gasteiger charge is 2.42. The summed E-state index contributed by atoms with van der Waals surface area (Å²) in [6.07, 6.45) is 3.53. The SMILES string of the molecule is CC(=O)NCC(=O)NC1(c2ncc(C(=O)O)[nH]2)CCC1. The highest BCUT2D eigenvalue weighted by molar-refractivity contribution is 5.85. The molecular formula is C12H16N4O4. The van der Waals surface area contributed by atoms with Gasteiger partial charge in [0.25, 0.3) is 0 Å². The van der Waals surface area contributed by atoms with Crippen LogP contribution in [0.15, 0.2) is 6.20 Å². The molecule has 1 saturated carbocycles. The molecule has 0 unspecified atom stereocenters. The van der Waals surface area contributed by atoms with Gasteiger partial charge in [0.05, 0.1) is 18.3 Å². The first-order valence-electron chi connectivity index (χ1n) is 6.27. The molecule has 1 aliphatic rings. The van der Waals surface area contributed by atoms with Gasteiger partial charge in [0, 0.05) is 6.92 Å². The van der Waals surface area contributed by atoms with Crippen molar-refractivity contribution in [3.05, 3.63) is 17.7 Å². The van der Waals surface area contributed by atoms with Gasteiger partial charge in [-0.25, -0.2) is 9.78 Å². The fraction of sp³-hybridized carbons (Fsp3) is 0.500. The highest BCUT2D eigenvalue weighted by atomic mass is 16.4. The van der Waals surface area contributed by atoms with Gasteiger partial charge in [-0.15, -0.1) is 0 Å². The molecule has 8 heteroatoms. The van der Waals surface area contributed by atoms with E-state index in [1.165, 1.54) is 13.1 Å². The Morgan fingerprint density at radius 1 is 1.45 bits per heavy atom. The van der Waals surface area contributed by atoms with Crippen molar-refractivity contribution in [2.75, 3.05) is 6.54 Å². The summed E-state index contributed by atoms with van der Waals surface area (Å²) < 4.78 is 0. The van der Waals surface area contributed by atoms with Crippen LogP contribution >= 0.6 is 0 Å². The van der Waals surface area contributed by atoms with Crippen LogP contribution in [-0.4, -0.2) is 39.4 Å². The van der Waals surface area contributed by atoms with Crippen LogP contribution in [0.4, 0.5) is 0 Å².